The Morgan fingerprint density at radius 2 is 1.85 bits per heavy atom. The molecular weight excluding hydrogens is 380 g/mol. The summed E-state index contributed by atoms with van der Waals surface area (Å²) in [6.07, 6.45) is 1.72. The lowest BCUT2D eigenvalue weighted by Crippen LogP contribution is -2.32. The smallest absolute Gasteiger partial charge is 0.221 e. The summed E-state index contributed by atoms with van der Waals surface area (Å²) < 4.78 is 35.9. The van der Waals surface area contributed by atoms with E-state index in [1.54, 1.807) is 6.07 Å². The van der Waals surface area contributed by atoms with Crippen LogP contribution in [0.2, 0.25) is 0 Å². The molecule has 0 radical (unpaired) electrons. The Morgan fingerprint density at radius 3 is 2.58 bits per heavy atom. The van der Waals surface area contributed by atoms with E-state index in [0.717, 1.165) is 19.4 Å². The maximum absolute atomic E-state index is 12.4. The Balaban J connectivity index is 0.00000338. The van der Waals surface area contributed by atoms with Crippen LogP contribution in [0.4, 0.5) is 0 Å². The third-order valence-corrected chi connectivity index (χ3v) is 5.44. The Morgan fingerprint density at radius 1 is 1.12 bits per heavy atom. The molecule has 1 heterocycles. The van der Waals surface area contributed by atoms with Gasteiger partial charge in [-0.05, 0) is 25.1 Å². The van der Waals surface area contributed by atoms with Crippen LogP contribution in [-0.2, 0) is 14.6 Å². The Hall–Kier alpha value is -1.51. The van der Waals surface area contributed by atoms with Crippen LogP contribution in [0.3, 0.4) is 0 Å². The van der Waals surface area contributed by atoms with Crippen molar-refractivity contribution in [1.82, 2.24) is 10.6 Å². The van der Waals surface area contributed by atoms with Gasteiger partial charge >= 0.3 is 0 Å². The van der Waals surface area contributed by atoms with Crippen LogP contribution in [0.5, 0.6) is 11.5 Å². The number of nitrogens with one attached hydrogen (secondary N) is 2. The van der Waals surface area contributed by atoms with Crippen LogP contribution < -0.4 is 20.1 Å². The molecule has 0 fully saturated rings. The molecule has 1 aliphatic rings. The maximum Gasteiger partial charge on any atom is 0.221 e. The van der Waals surface area contributed by atoms with Crippen molar-refractivity contribution in [1.29, 1.82) is 0 Å². The molecule has 0 saturated carbocycles. The molecule has 2 rings (SSSR count). The number of hydrogen-bond donors (Lipinski definition) is 2. The second-order valence-electron chi connectivity index (χ2n) is 5.83. The van der Waals surface area contributed by atoms with E-state index in [-0.39, 0.29) is 35.4 Å². The lowest BCUT2D eigenvalue weighted by molar-refractivity contribution is -0.120. The molecule has 2 N–H and O–H groups in total. The fourth-order valence-corrected chi connectivity index (χ4v) is 3.61. The van der Waals surface area contributed by atoms with Gasteiger partial charge < -0.3 is 20.1 Å². The quantitative estimate of drug-likeness (QED) is 0.604. The Bertz CT molecular complexity index is 682. The van der Waals surface area contributed by atoms with Gasteiger partial charge in [-0.25, -0.2) is 8.42 Å². The van der Waals surface area contributed by atoms with Crippen LogP contribution in [0, 0.1) is 0 Å². The first-order valence-corrected chi connectivity index (χ1v) is 10.3. The number of amides is 1. The summed E-state index contributed by atoms with van der Waals surface area (Å²) in [5.41, 5.74) is 0. The predicted octanol–water partition coefficient (Wildman–Crippen LogP) is 1.55. The van der Waals surface area contributed by atoms with Crippen LogP contribution >= 0.6 is 12.4 Å². The molecule has 9 heteroatoms. The summed E-state index contributed by atoms with van der Waals surface area (Å²) in [6.45, 7) is 5.17. The molecule has 0 aliphatic carbocycles. The number of carbonyl (C=O) groups is 1. The summed E-state index contributed by atoms with van der Waals surface area (Å²) in [7, 11) is -3.55. The molecule has 26 heavy (non-hydrogen) atoms. The van der Waals surface area contributed by atoms with Crippen molar-refractivity contribution in [3.63, 3.8) is 0 Å². The minimum atomic E-state index is -3.55. The third-order valence-electron chi connectivity index (χ3n) is 3.73. The minimum absolute atomic E-state index is 0. The number of fused-ring (bicyclic) bond motifs is 1. The zero-order valence-electron chi connectivity index (χ0n) is 15.0. The van der Waals surface area contributed by atoms with Crippen molar-refractivity contribution in [3.8, 4) is 11.5 Å². The van der Waals surface area contributed by atoms with Gasteiger partial charge in [0.15, 0.2) is 21.3 Å². The van der Waals surface area contributed by atoms with Gasteiger partial charge in [0.25, 0.3) is 0 Å². The van der Waals surface area contributed by atoms with Gasteiger partial charge in [-0.1, -0.05) is 6.92 Å². The van der Waals surface area contributed by atoms with E-state index in [0.29, 0.717) is 37.8 Å². The summed E-state index contributed by atoms with van der Waals surface area (Å²) in [4.78, 5) is 11.9. The number of carbonyl (C=O) groups excluding carboxylic acids is 1. The zero-order chi connectivity index (χ0) is 18.1. The Kier molecular flexibility index (Phi) is 9.75. The minimum Gasteiger partial charge on any atom is -0.490 e. The maximum atomic E-state index is 12.4. The normalized spacial score (nSPS) is 13.4. The first-order chi connectivity index (χ1) is 12.0. The summed E-state index contributed by atoms with van der Waals surface area (Å²) in [5.74, 6) is 0.482. The fraction of sp³-hybridized carbons (Fsp3) is 0.588. The highest BCUT2D eigenvalue weighted by Gasteiger charge is 2.20. The molecule has 0 atom stereocenters. The molecule has 0 saturated heterocycles. The average Bonchev–Trinajstić information content (AvgIpc) is 2.84. The van der Waals surface area contributed by atoms with Gasteiger partial charge in [0.1, 0.15) is 0 Å². The third kappa shape index (κ3) is 7.01. The molecule has 1 amide bonds. The van der Waals surface area contributed by atoms with Crippen molar-refractivity contribution in [2.24, 2.45) is 0 Å². The zero-order valence-corrected chi connectivity index (χ0v) is 16.6. The molecular formula is C17H27ClN2O5S. The highest BCUT2D eigenvalue weighted by atomic mass is 35.5. The molecule has 0 unspecified atom stereocenters. The van der Waals surface area contributed by atoms with E-state index < -0.39 is 9.84 Å². The average molecular weight is 407 g/mol. The first-order valence-electron chi connectivity index (χ1n) is 8.63. The summed E-state index contributed by atoms with van der Waals surface area (Å²) in [6, 6.07) is 4.57. The number of benzene rings is 1. The van der Waals surface area contributed by atoms with E-state index >= 15 is 0 Å². The van der Waals surface area contributed by atoms with E-state index in [1.165, 1.54) is 12.1 Å². The fourth-order valence-electron chi connectivity index (χ4n) is 2.36. The first kappa shape index (κ1) is 22.5. The van der Waals surface area contributed by atoms with E-state index in [2.05, 4.69) is 17.6 Å². The molecule has 0 aromatic heterocycles. The largest absolute Gasteiger partial charge is 0.490 e. The second-order valence-corrected chi connectivity index (χ2v) is 7.94. The van der Waals surface area contributed by atoms with Gasteiger partial charge in [-0.15, -0.1) is 12.4 Å². The topological polar surface area (TPSA) is 93.7 Å². The van der Waals surface area contributed by atoms with Crippen LogP contribution in [0.15, 0.2) is 23.1 Å². The number of halogens is 1. The SMILES string of the molecule is CCCNCCNC(=O)CCS(=O)(=O)c1ccc2c(c1)OCCCO2.Cl. The Labute approximate surface area is 161 Å². The lowest BCUT2D eigenvalue weighted by Gasteiger charge is -2.10. The van der Waals surface area contributed by atoms with Crippen LogP contribution in [-0.4, -0.2) is 52.9 Å². The molecule has 0 spiro atoms. The van der Waals surface area contributed by atoms with E-state index in [1.807, 2.05) is 0 Å². The molecule has 1 aromatic carbocycles. The van der Waals surface area contributed by atoms with Crippen molar-refractivity contribution >= 4 is 28.2 Å². The van der Waals surface area contributed by atoms with Crippen molar-refractivity contribution < 1.29 is 22.7 Å². The van der Waals surface area contributed by atoms with Gasteiger partial charge in [0.2, 0.25) is 5.91 Å². The number of hydrogen-bond acceptors (Lipinski definition) is 6. The van der Waals surface area contributed by atoms with Gasteiger partial charge in [-0.2, -0.15) is 0 Å². The molecule has 1 aliphatic heterocycles. The van der Waals surface area contributed by atoms with Gasteiger partial charge in [0.05, 0.1) is 23.9 Å². The number of rotatable bonds is 9. The number of ether oxygens (including phenoxy) is 2. The molecule has 1 aromatic rings. The summed E-state index contributed by atoms with van der Waals surface area (Å²) in [5, 5.41) is 5.88. The monoisotopic (exact) mass is 406 g/mol. The number of sulfone groups is 1. The molecule has 0 bridgehead atoms. The molecule has 148 valence electrons. The highest BCUT2D eigenvalue weighted by Crippen LogP contribution is 2.32. The van der Waals surface area contributed by atoms with Crippen molar-refractivity contribution in [3.05, 3.63) is 18.2 Å². The van der Waals surface area contributed by atoms with E-state index in [9.17, 15) is 13.2 Å². The second kappa shape index (κ2) is 11.3. The standard InChI is InChI=1S/C17H26N2O5S.ClH/c1-2-7-18-8-9-19-17(20)6-12-25(21,22)14-4-5-15-16(13-14)24-11-3-10-23-15;/h4-5,13,18H,2-3,6-12H2,1H3,(H,19,20);1H. The van der Waals surface area contributed by atoms with Crippen molar-refractivity contribution in [2.45, 2.75) is 31.1 Å². The van der Waals surface area contributed by atoms with Crippen LogP contribution in [0.1, 0.15) is 26.2 Å². The van der Waals surface area contributed by atoms with Crippen LogP contribution in [0.25, 0.3) is 0 Å². The van der Waals surface area contributed by atoms with Crippen molar-refractivity contribution in [2.75, 3.05) is 38.6 Å². The lowest BCUT2D eigenvalue weighted by atomic mass is 10.3. The summed E-state index contributed by atoms with van der Waals surface area (Å²) >= 11 is 0. The van der Waals surface area contributed by atoms with E-state index in [4.69, 9.17) is 9.47 Å². The highest BCUT2D eigenvalue weighted by molar-refractivity contribution is 7.91. The van der Waals surface area contributed by atoms with Gasteiger partial charge in [0, 0.05) is 32.0 Å². The van der Waals surface area contributed by atoms with Gasteiger partial charge in [-0.3, -0.25) is 4.79 Å². The molecule has 7 nitrogen and oxygen atoms in total. The predicted molar refractivity (Wildman–Crippen MR) is 102 cm³/mol.